The molecule has 2 N–H and O–H groups in total. The van der Waals surface area contributed by atoms with Gasteiger partial charge in [0.25, 0.3) is 5.91 Å². The number of hydrogen-bond donors (Lipinski definition) is 2. The molecule has 0 bridgehead atoms. The highest BCUT2D eigenvalue weighted by molar-refractivity contribution is 5.85. The highest BCUT2D eigenvalue weighted by atomic mass is 19.3. The minimum Gasteiger partial charge on any atom is -0.383 e. The Balaban J connectivity index is 1.69. The zero-order chi connectivity index (χ0) is 15.1. The monoisotopic (exact) mass is 303 g/mol. The normalized spacial score (nSPS) is 30.9. The zero-order valence-corrected chi connectivity index (χ0v) is 12.2. The largest absolute Gasteiger partial charge is 0.383 e. The van der Waals surface area contributed by atoms with Gasteiger partial charge in [-0.2, -0.15) is 8.78 Å². The number of alkyl halides is 2. The van der Waals surface area contributed by atoms with Gasteiger partial charge in [0.1, 0.15) is 5.60 Å². The van der Waals surface area contributed by atoms with Crippen molar-refractivity contribution in [1.82, 2.24) is 5.32 Å². The van der Waals surface area contributed by atoms with Crippen LogP contribution in [-0.4, -0.2) is 41.8 Å². The molecule has 0 aromatic rings. The first kappa shape index (κ1) is 15.2. The number of ether oxygens (including phenoxy) is 1. The fourth-order valence-electron chi connectivity index (χ4n) is 4.03. The van der Waals surface area contributed by atoms with E-state index in [-0.39, 0.29) is 24.3 Å². The van der Waals surface area contributed by atoms with Gasteiger partial charge in [-0.15, -0.1) is 0 Å². The minimum absolute atomic E-state index is 0.00291. The van der Waals surface area contributed by atoms with Crippen LogP contribution in [0, 0.1) is 5.41 Å². The highest BCUT2D eigenvalue weighted by Crippen LogP contribution is 2.48. The van der Waals surface area contributed by atoms with Crippen LogP contribution in [0.5, 0.6) is 0 Å². The molecular formula is C15H23F2NO3. The third-order valence-electron chi connectivity index (χ3n) is 5.75. The molecule has 1 amide bonds. The Hall–Kier alpha value is -0.750. The standard InChI is InChI=1S/C15H23F2NO3/c16-15(17,14(20)5-2-6-14)12(19)18-11-3-1-4-13(11)7-9-21-10-8-13/h11,20H,1-10H2,(H,18,19). The Morgan fingerprint density at radius 2 is 1.81 bits per heavy atom. The smallest absolute Gasteiger partial charge is 0.352 e. The lowest BCUT2D eigenvalue weighted by atomic mass is 9.73. The highest BCUT2D eigenvalue weighted by Gasteiger charge is 2.62. The maximum Gasteiger partial charge on any atom is 0.352 e. The van der Waals surface area contributed by atoms with Gasteiger partial charge in [0.05, 0.1) is 0 Å². The fourth-order valence-corrected chi connectivity index (χ4v) is 4.03. The molecular weight excluding hydrogens is 280 g/mol. The van der Waals surface area contributed by atoms with Gasteiger partial charge in [-0.1, -0.05) is 6.42 Å². The molecule has 0 aromatic heterocycles. The van der Waals surface area contributed by atoms with Crippen molar-refractivity contribution >= 4 is 5.91 Å². The summed E-state index contributed by atoms with van der Waals surface area (Å²) in [4.78, 5) is 12.0. The summed E-state index contributed by atoms with van der Waals surface area (Å²) in [5.41, 5.74) is -2.23. The van der Waals surface area contributed by atoms with E-state index in [1.54, 1.807) is 0 Å². The third kappa shape index (κ3) is 2.36. The quantitative estimate of drug-likeness (QED) is 0.838. The number of halogens is 2. The van der Waals surface area contributed by atoms with Crippen molar-refractivity contribution in [3.8, 4) is 0 Å². The molecule has 2 aliphatic carbocycles. The van der Waals surface area contributed by atoms with Gasteiger partial charge in [-0.3, -0.25) is 4.79 Å². The molecule has 1 spiro atoms. The molecule has 3 fully saturated rings. The van der Waals surface area contributed by atoms with E-state index in [4.69, 9.17) is 4.74 Å². The Kier molecular flexibility index (Phi) is 3.72. The second kappa shape index (κ2) is 5.16. The predicted molar refractivity (Wildman–Crippen MR) is 72.0 cm³/mol. The summed E-state index contributed by atoms with van der Waals surface area (Å²) in [5, 5.41) is 12.4. The molecule has 1 heterocycles. The van der Waals surface area contributed by atoms with Crippen LogP contribution in [0.25, 0.3) is 0 Å². The summed E-state index contributed by atoms with van der Waals surface area (Å²) in [7, 11) is 0. The lowest BCUT2D eigenvalue weighted by molar-refractivity contribution is -0.217. The average Bonchev–Trinajstić information content (AvgIpc) is 2.79. The molecule has 0 aromatic carbocycles. The molecule has 3 rings (SSSR count). The first-order valence-corrected chi connectivity index (χ1v) is 7.89. The summed E-state index contributed by atoms with van der Waals surface area (Å²) in [5.74, 6) is -5.00. The van der Waals surface area contributed by atoms with Gasteiger partial charge in [0.15, 0.2) is 0 Å². The Bertz CT molecular complexity index is 417. The average molecular weight is 303 g/mol. The molecule has 1 atom stereocenters. The number of nitrogens with one attached hydrogen (secondary N) is 1. The fraction of sp³-hybridized carbons (Fsp3) is 0.933. The van der Waals surface area contributed by atoms with Crippen molar-refractivity contribution in [2.24, 2.45) is 5.41 Å². The van der Waals surface area contributed by atoms with Gasteiger partial charge in [-0.05, 0) is 50.4 Å². The Morgan fingerprint density at radius 1 is 1.14 bits per heavy atom. The van der Waals surface area contributed by atoms with Crippen molar-refractivity contribution in [3.05, 3.63) is 0 Å². The summed E-state index contributed by atoms with van der Waals surface area (Å²) in [6, 6.07) is -0.219. The second-order valence-corrected chi connectivity index (χ2v) is 6.85. The number of rotatable bonds is 3. The zero-order valence-electron chi connectivity index (χ0n) is 12.2. The number of hydrogen-bond acceptors (Lipinski definition) is 3. The van der Waals surface area contributed by atoms with E-state index in [1.807, 2.05) is 0 Å². The minimum atomic E-state index is -3.69. The molecule has 2 saturated carbocycles. The van der Waals surface area contributed by atoms with Crippen molar-refractivity contribution < 1.29 is 23.4 Å². The molecule has 1 saturated heterocycles. The van der Waals surface area contributed by atoms with E-state index in [0.29, 0.717) is 19.6 Å². The van der Waals surface area contributed by atoms with Crippen molar-refractivity contribution in [1.29, 1.82) is 0 Å². The van der Waals surface area contributed by atoms with Crippen LogP contribution in [0.15, 0.2) is 0 Å². The SMILES string of the molecule is O=C(NC1CCCC12CCOCC2)C(F)(F)C1(O)CCC1. The number of aliphatic hydroxyl groups is 1. The lowest BCUT2D eigenvalue weighted by Gasteiger charge is -2.43. The second-order valence-electron chi connectivity index (χ2n) is 6.85. The number of amides is 1. The topological polar surface area (TPSA) is 58.6 Å². The van der Waals surface area contributed by atoms with Crippen LogP contribution in [0.3, 0.4) is 0 Å². The third-order valence-corrected chi connectivity index (χ3v) is 5.75. The van der Waals surface area contributed by atoms with Crippen LogP contribution in [0.2, 0.25) is 0 Å². The number of carbonyl (C=O) groups is 1. The summed E-state index contributed by atoms with van der Waals surface area (Å²) in [6.45, 7) is 1.26. The first-order chi connectivity index (χ1) is 9.90. The van der Waals surface area contributed by atoms with E-state index in [1.165, 1.54) is 0 Å². The molecule has 120 valence electrons. The van der Waals surface area contributed by atoms with Crippen LogP contribution in [0.4, 0.5) is 8.78 Å². The van der Waals surface area contributed by atoms with Gasteiger partial charge in [0, 0.05) is 19.3 Å². The van der Waals surface area contributed by atoms with Gasteiger partial charge >= 0.3 is 5.92 Å². The molecule has 3 aliphatic rings. The molecule has 21 heavy (non-hydrogen) atoms. The molecule has 1 aliphatic heterocycles. The van der Waals surface area contributed by atoms with Crippen LogP contribution in [-0.2, 0) is 9.53 Å². The number of carbonyl (C=O) groups excluding carboxylic acids is 1. The summed E-state index contributed by atoms with van der Waals surface area (Å²) >= 11 is 0. The maximum atomic E-state index is 14.2. The Labute approximate surface area is 123 Å². The van der Waals surface area contributed by atoms with Crippen LogP contribution in [0.1, 0.15) is 51.4 Å². The van der Waals surface area contributed by atoms with E-state index >= 15 is 0 Å². The van der Waals surface area contributed by atoms with Crippen LogP contribution >= 0.6 is 0 Å². The molecule has 4 nitrogen and oxygen atoms in total. The van der Waals surface area contributed by atoms with E-state index in [0.717, 1.165) is 32.1 Å². The predicted octanol–water partition coefficient (Wildman–Crippen LogP) is 2.00. The molecule has 1 unspecified atom stereocenters. The van der Waals surface area contributed by atoms with Gasteiger partial charge < -0.3 is 15.2 Å². The molecule has 6 heteroatoms. The maximum absolute atomic E-state index is 14.2. The lowest BCUT2D eigenvalue weighted by Crippen LogP contribution is -2.62. The van der Waals surface area contributed by atoms with E-state index in [2.05, 4.69) is 5.32 Å². The van der Waals surface area contributed by atoms with Gasteiger partial charge in [0.2, 0.25) is 0 Å². The summed E-state index contributed by atoms with van der Waals surface area (Å²) in [6.07, 6.45) is 4.80. The summed E-state index contributed by atoms with van der Waals surface area (Å²) < 4.78 is 33.7. The van der Waals surface area contributed by atoms with Crippen molar-refractivity contribution in [2.75, 3.05) is 13.2 Å². The van der Waals surface area contributed by atoms with E-state index < -0.39 is 17.4 Å². The van der Waals surface area contributed by atoms with Crippen molar-refractivity contribution in [2.45, 2.75) is 68.9 Å². The van der Waals surface area contributed by atoms with E-state index in [9.17, 15) is 18.7 Å². The van der Waals surface area contributed by atoms with Crippen molar-refractivity contribution in [3.63, 3.8) is 0 Å². The Morgan fingerprint density at radius 3 is 2.38 bits per heavy atom. The first-order valence-electron chi connectivity index (χ1n) is 7.89. The van der Waals surface area contributed by atoms with Gasteiger partial charge in [-0.25, -0.2) is 0 Å². The van der Waals surface area contributed by atoms with Crippen LogP contribution < -0.4 is 5.32 Å². The molecule has 0 radical (unpaired) electrons.